The highest BCUT2D eigenvalue weighted by atomic mass is 79.9. The fourth-order valence-corrected chi connectivity index (χ4v) is 3.27. The predicted octanol–water partition coefficient (Wildman–Crippen LogP) is 4.23. The summed E-state index contributed by atoms with van der Waals surface area (Å²) in [5, 5.41) is 0.772. The zero-order chi connectivity index (χ0) is 19.5. The maximum absolute atomic E-state index is 14.7. The third-order valence-electron chi connectivity index (χ3n) is 4.34. The van der Waals surface area contributed by atoms with Gasteiger partial charge in [-0.05, 0) is 46.1 Å². The van der Waals surface area contributed by atoms with E-state index in [0.29, 0.717) is 42.2 Å². The van der Waals surface area contributed by atoms with Crippen molar-refractivity contribution in [3.8, 4) is 5.88 Å². The second-order valence-electron chi connectivity index (χ2n) is 6.24. The van der Waals surface area contributed by atoms with Gasteiger partial charge in [-0.1, -0.05) is 12.1 Å². The van der Waals surface area contributed by atoms with Gasteiger partial charge in [0.2, 0.25) is 11.8 Å². The molecule has 0 aliphatic carbocycles. The lowest BCUT2D eigenvalue weighted by Crippen LogP contribution is -2.01. The Balaban J connectivity index is 1.59. The standard InChI is InChI=1S/C20H17BrFN5O/c1-2-28-20-17-14(10-24-19(17)25-11-26-20)8-13-4-5-15(27-18(13)22)7-12-3-6-16(21)23-9-12/h3-6,9-11H,2,7-8H2,1H3,(H,24,25,26). The quantitative estimate of drug-likeness (QED) is 0.453. The average Bonchev–Trinajstić information content (AvgIpc) is 3.10. The molecule has 1 N–H and O–H groups in total. The molecule has 4 rings (SSSR count). The second-order valence-corrected chi connectivity index (χ2v) is 7.06. The normalized spacial score (nSPS) is 11.1. The summed E-state index contributed by atoms with van der Waals surface area (Å²) in [6.07, 6.45) is 5.89. The first-order valence-electron chi connectivity index (χ1n) is 8.82. The first-order valence-corrected chi connectivity index (χ1v) is 9.62. The fourth-order valence-electron chi connectivity index (χ4n) is 3.04. The van der Waals surface area contributed by atoms with Crippen LogP contribution < -0.4 is 4.74 Å². The topological polar surface area (TPSA) is 76.6 Å². The summed E-state index contributed by atoms with van der Waals surface area (Å²) in [6.45, 7) is 2.38. The van der Waals surface area contributed by atoms with Crippen LogP contribution in [0.2, 0.25) is 0 Å². The van der Waals surface area contributed by atoms with Gasteiger partial charge >= 0.3 is 0 Å². The van der Waals surface area contributed by atoms with E-state index in [1.54, 1.807) is 12.3 Å². The van der Waals surface area contributed by atoms with Crippen molar-refractivity contribution in [1.82, 2.24) is 24.9 Å². The van der Waals surface area contributed by atoms with Gasteiger partial charge in [-0.3, -0.25) is 0 Å². The van der Waals surface area contributed by atoms with Crippen molar-refractivity contribution in [2.45, 2.75) is 19.8 Å². The Hall–Kier alpha value is -2.87. The Morgan fingerprint density at radius 2 is 1.96 bits per heavy atom. The van der Waals surface area contributed by atoms with E-state index in [4.69, 9.17) is 4.74 Å². The Labute approximate surface area is 169 Å². The molecular weight excluding hydrogens is 425 g/mol. The molecule has 0 aliphatic heterocycles. The minimum absolute atomic E-state index is 0.367. The Morgan fingerprint density at radius 3 is 2.71 bits per heavy atom. The van der Waals surface area contributed by atoms with Crippen LogP contribution in [0, 0.1) is 5.95 Å². The molecule has 0 unspecified atom stereocenters. The SMILES string of the molecule is CCOc1ncnc2[nH]cc(Cc3ccc(Cc4ccc(Br)nc4)nc3F)c12. The molecule has 0 aliphatic rings. The van der Waals surface area contributed by atoms with Gasteiger partial charge in [0.25, 0.3) is 0 Å². The summed E-state index contributed by atoms with van der Waals surface area (Å²) in [4.78, 5) is 19.8. The molecule has 0 aromatic carbocycles. The van der Waals surface area contributed by atoms with E-state index in [2.05, 4.69) is 40.8 Å². The molecule has 28 heavy (non-hydrogen) atoms. The van der Waals surface area contributed by atoms with Gasteiger partial charge in [-0.25, -0.2) is 19.9 Å². The van der Waals surface area contributed by atoms with E-state index in [-0.39, 0.29) is 0 Å². The minimum Gasteiger partial charge on any atom is -0.477 e. The number of nitrogens with one attached hydrogen (secondary N) is 1. The van der Waals surface area contributed by atoms with E-state index in [1.807, 2.05) is 31.3 Å². The number of rotatable bonds is 6. The predicted molar refractivity (Wildman–Crippen MR) is 107 cm³/mol. The smallest absolute Gasteiger partial charge is 0.226 e. The molecule has 4 aromatic heterocycles. The molecule has 0 saturated carbocycles. The molecular formula is C20H17BrFN5O. The third kappa shape index (κ3) is 3.87. The molecule has 0 radical (unpaired) electrons. The molecule has 0 saturated heterocycles. The van der Waals surface area contributed by atoms with Crippen molar-refractivity contribution < 1.29 is 9.13 Å². The van der Waals surface area contributed by atoms with Gasteiger partial charge in [0.15, 0.2) is 0 Å². The molecule has 8 heteroatoms. The van der Waals surface area contributed by atoms with Gasteiger partial charge in [-0.2, -0.15) is 4.39 Å². The first-order chi connectivity index (χ1) is 13.6. The van der Waals surface area contributed by atoms with E-state index in [9.17, 15) is 4.39 Å². The number of hydrogen-bond donors (Lipinski definition) is 1. The van der Waals surface area contributed by atoms with Gasteiger partial charge in [0.05, 0.1) is 12.0 Å². The van der Waals surface area contributed by atoms with Crippen LogP contribution in [0.4, 0.5) is 4.39 Å². The summed E-state index contributed by atoms with van der Waals surface area (Å²) >= 11 is 3.30. The van der Waals surface area contributed by atoms with Gasteiger partial charge in [0.1, 0.15) is 16.6 Å². The lowest BCUT2D eigenvalue weighted by Gasteiger charge is -2.07. The molecule has 4 aromatic rings. The average molecular weight is 442 g/mol. The highest BCUT2D eigenvalue weighted by molar-refractivity contribution is 9.10. The Morgan fingerprint density at radius 1 is 1.07 bits per heavy atom. The highest BCUT2D eigenvalue weighted by Crippen LogP contribution is 2.27. The number of H-pyrrole nitrogens is 1. The number of fused-ring (bicyclic) bond motifs is 1. The largest absolute Gasteiger partial charge is 0.477 e. The molecule has 0 bridgehead atoms. The third-order valence-corrected chi connectivity index (χ3v) is 4.81. The number of halogens is 2. The van der Waals surface area contributed by atoms with Crippen molar-refractivity contribution in [3.63, 3.8) is 0 Å². The van der Waals surface area contributed by atoms with Crippen LogP contribution in [0.1, 0.15) is 29.3 Å². The maximum atomic E-state index is 14.7. The number of hydrogen-bond acceptors (Lipinski definition) is 5. The summed E-state index contributed by atoms with van der Waals surface area (Å²) in [5.74, 6) is 0.0169. The molecule has 142 valence electrons. The number of pyridine rings is 2. The monoisotopic (exact) mass is 441 g/mol. The van der Waals surface area contributed by atoms with Crippen molar-refractivity contribution in [2.75, 3.05) is 6.61 Å². The number of aromatic amines is 1. The van der Waals surface area contributed by atoms with Crippen molar-refractivity contribution >= 4 is 27.0 Å². The van der Waals surface area contributed by atoms with Crippen LogP contribution in [-0.4, -0.2) is 31.5 Å². The fraction of sp³-hybridized carbons (Fsp3) is 0.200. The summed E-state index contributed by atoms with van der Waals surface area (Å²) in [5.41, 5.74) is 3.66. The minimum atomic E-state index is -0.480. The van der Waals surface area contributed by atoms with E-state index < -0.39 is 5.95 Å². The van der Waals surface area contributed by atoms with Gasteiger partial charge < -0.3 is 9.72 Å². The molecule has 0 atom stereocenters. The number of aromatic nitrogens is 5. The zero-order valence-electron chi connectivity index (χ0n) is 15.1. The number of ether oxygens (including phenoxy) is 1. The molecule has 6 nitrogen and oxygen atoms in total. The van der Waals surface area contributed by atoms with Crippen molar-refractivity contribution in [1.29, 1.82) is 0 Å². The van der Waals surface area contributed by atoms with Crippen LogP contribution in [0.3, 0.4) is 0 Å². The lowest BCUT2D eigenvalue weighted by atomic mass is 10.1. The van der Waals surface area contributed by atoms with E-state index >= 15 is 0 Å². The lowest BCUT2D eigenvalue weighted by molar-refractivity contribution is 0.330. The van der Waals surface area contributed by atoms with Crippen molar-refractivity contribution in [2.24, 2.45) is 0 Å². The van der Waals surface area contributed by atoms with Crippen LogP contribution in [0.25, 0.3) is 11.0 Å². The maximum Gasteiger partial charge on any atom is 0.226 e. The number of nitrogens with zero attached hydrogens (tertiary/aromatic N) is 4. The Bertz CT molecular complexity index is 1110. The van der Waals surface area contributed by atoms with E-state index in [1.165, 1.54) is 6.33 Å². The summed E-state index contributed by atoms with van der Waals surface area (Å²) in [7, 11) is 0. The van der Waals surface area contributed by atoms with Crippen LogP contribution in [-0.2, 0) is 12.8 Å². The second kappa shape index (κ2) is 8.02. The summed E-state index contributed by atoms with van der Waals surface area (Å²) < 4.78 is 21.0. The van der Waals surface area contributed by atoms with Gasteiger partial charge in [0, 0.05) is 36.5 Å². The molecule has 0 fully saturated rings. The molecule has 0 amide bonds. The van der Waals surface area contributed by atoms with Crippen molar-refractivity contribution in [3.05, 3.63) is 75.9 Å². The first kappa shape index (κ1) is 18.5. The molecule has 0 spiro atoms. The summed E-state index contributed by atoms with van der Waals surface area (Å²) in [6, 6.07) is 7.41. The van der Waals surface area contributed by atoms with Crippen LogP contribution in [0.15, 0.2) is 47.6 Å². The van der Waals surface area contributed by atoms with Gasteiger partial charge in [-0.15, -0.1) is 0 Å². The van der Waals surface area contributed by atoms with Crippen LogP contribution in [0.5, 0.6) is 5.88 Å². The van der Waals surface area contributed by atoms with E-state index in [0.717, 1.165) is 21.1 Å². The van der Waals surface area contributed by atoms with Crippen LogP contribution >= 0.6 is 15.9 Å². The molecule has 4 heterocycles. The Kier molecular flexibility index (Phi) is 5.29. The highest BCUT2D eigenvalue weighted by Gasteiger charge is 2.15. The zero-order valence-corrected chi connectivity index (χ0v) is 16.7.